The molecule has 2 atom stereocenters. The highest BCUT2D eigenvalue weighted by atomic mass is 19.4. The van der Waals surface area contributed by atoms with Gasteiger partial charge in [-0.05, 0) is 61.8 Å². The number of rotatable bonds is 6. The number of anilines is 1. The molecule has 4 rings (SSSR count). The standard InChI is InChI=1S/C20H24N2O2.C2HF3O2/c23-19(17-9-11-21-17)13-16(14-5-6-14)7-8-20(24)22-12-10-15-3-1-2-4-18(15)22;3-2(4,5)1(6)7/h1-4,7-8,14,16-17,21H,5-6,9-13H2;(H,6,7)/b8-7+;/t16-,17-;/m0./s1. The van der Waals surface area contributed by atoms with Crippen molar-refractivity contribution in [1.82, 2.24) is 5.32 Å². The molecule has 0 radical (unpaired) electrons. The number of carbonyl (C=O) groups excluding carboxylic acids is 2. The summed E-state index contributed by atoms with van der Waals surface area (Å²) in [5.41, 5.74) is 2.27. The van der Waals surface area contributed by atoms with Gasteiger partial charge >= 0.3 is 12.1 Å². The second kappa shape index (κ2) is 9.64. The fraction of sp³-hybridized carbons (Fsp3) is 0.500. The van der Waals surface area contributed by atoms with Crippen molar-refractivity contribution in [3.05, 3.63) is 42.0 Å². The van der Waals surface area contributed by atoms with Crippen LogP contribution in [0.15, 0.2) is 36.4 Å². The average Bonchev–Trinajstić information content (AvgIpc) is 3.42. The summed E-state index contributed by atoms with van der Waals surface area (Å²) in [7, 11) is 0. The van der Waals surface area contributed by atoms with Gasteiger partial charge in [0.25, 0.3) is 5.91 Å². The number of carboxylic acids is 1. The van der Waals surface area contributed by atoms with Crippen LogP contribution in [0, 0.1) is 11.8 Å². The van der Waals surface area contributed by atoms with Crippen molar-refractivity contribution in [2.45, 2.75) is 44.3 Å². The summed E-state index contributed by atoms with van der Waals surface area (Å²) in [6, 6.07) is 8.15. The molecule has 168 valence electrons. The van der Waals surface area contributed by atoms with Crippen molar-refractivity contribution in [3.63, 3.8) is 0 Å². The Balaban J connectivity index is 0.000000339. The molecule has 1 saturated heterocycles. The first-order chi connectivity index (χ1) is 14.7. The lowest BCUT2D eigenvalue weighted by molar-refractivity contribution is -0.192. The summed E-state index contributed by atoms with van der Waals surface area (Å²) in [6.07, 6.45) is 3.44. The number of hydrogen-bond donors (Lipinski definition) is 2. The van der Waals surface area contributed by atoms with E-state index in [1.165, 1.54) is 18.4 Å². The van der Waals surface area contributed by atoms with Crippen LogP contribution >= 0.6 is 0 Å². The smallest absolute Gasteiger partial charge is 0.475 e. The highest BCUT2D eigenvalue weighted by Gasteiger charge is 2.38. The van der Waals surface area contributed by atoms with E-state index in [9.17, 15) is 22.8 Å². The lowest BCUT2D eigenvalue weighted by atomic mass is 9.90. The van der Waals surface area contributed by atoms with E-state index in [1.807, 2.05) is 29.2 Å². The number of allylic oxidation sites excluding steroid dienone is 1. The van der Waals surface area contributed by atoms with Gasteiger partial charge in [0.1, 0.15) is 5.78 Å². The minimum atomic E-state index is -5.08. The Labute approximate surface area is 178 Å². The summed E-state index contributed by atoms with van der Waals surface area (Å²) in [5, 5.41) is 10.3. The van der Waals surface area contributed by atoms with Crippen LogP contribution in [0.1, 0.15) is 31.2 Å². The van der Waals surface area contributed by atoms with Crippen LogP contribution in [-0.4, -0.2) is 48.1 Å². The maximum absolute atomic E-state index is 12.6. The molecule has 2 fully saturated rings. The average molecular weight is 438 g/mol. The SMILES string of the molecule is O=C(C[C@H](/C=C/C(=O)N1CCc2ccccc21)C1CC1)[C@@H]1CCN1.O=C(O)C(F)(F)F. The number of alkyl halides is 3. The number of Topliss-reactive ketones (excluding diaryl/α,β-unsaturated/α-hetero) is 1. The van der Waals surface area contributed by atoms with Crippen molar-refractivity contribution >= 4 is 23.3 Å². The molecular formula is C22H25F3N2O4. The van der Waals surface area contributed by atoms with Crippen LogP contribution in [0.4, 0.5) is 18.9 Å². The highest BCUT2D eigenvalue weighted by molar-refractivity contribution is 6.03. The van der Waals surface area contributed by atoms with E-state index in [4.69, 9.17) is 9.90 Å². The number of amides is 1. The predicted molar refractivity (Wildman–Crippen MR) is 108 cm³/mol. The molecule has 1 amide bonds. The molecule has 9 heteroatoms. The molecule has 2 heterocycles. The molecular weight excluding hydrogens is 413 g/mol. The molecule has 31 heavy (non-hydrogen) atoms. The number of halogens is 3. The topological polar surface area (TPSA) is 86.7 Å². The van der Waals surface area contributed by atoms with E-state index in [2.05, 4.69) is 11.4 Å². The van der Waals surface area contributed by atoms with Crippen LogP contribution in [0.5, 0.6) is 0 Å². The molecule has 6 nitrogen and oxygen atoms in total. The van der Waals surface area contributed by atoms with E-state index < -0.39 is 12.1 Å². The third-order valence-electron chi connectivity index (χ3n) is 5.76. The van der Waals surface area contributed by atoms with Gasteiger partial charge in [-0.3, -0.25) is 9.59 Å². The van der Waals surface area contributed by atoms with Crippen LogP contribution in [0.2, 0.25) is 0 Å². The minimum absolute atomic E-state index is 0.0415. The maximum Gasteiger partial charge on any atom is 0.490 e. The third-order valence-corrected chi connectivity index (χ3v) is 5.76. The molecule has 2 N–H and O–H groups in total. The van der Waals surface area contributed by atoms with Crippen molar-refractivity contribution < 1.29 is 32.7 Å². The summed E-state index contributed by atoms with van der Waals surface area (Å²) in [4.78, 5) is 35.6. The fourth-order valence-electron chi connectivity index (χ4n) is 3.72. The van der Waals surface area contributed by atoms with Crippen molar-refractivity contribution in [3.8, 4) is 0 Å². The van der Waals surface area contributed by atoms with Gasteiger partial charge in [0.05, 0.1) is 6.04 Å². The summed E-state index contributed by atoms with van der Waals surface area (Å²) in [6.45, 7) is 1.70. The normalized spacial score (nSPS) is 21.0. The molecule has 1 saturated carbocycles. The molecule has 0 bridgehead atoms. The van der Waals surface area contributed by atoms with Gasteiger partial charge < -0.3 is 15.3 Å². The summed E-state index contributed by atoms with van der Waals surface area (Å²) >= 11 is 0. The van der Waals surface area contributed by atoms with Crippen molar-refractivity contribution in [2.75, 3.05) is 18.0 Å². The molecule has 2 aliphatic heterocycles. The maximum atomic E-state index is 12.6. The molecule has 0 aromatic heterocycles. The van der Waals surface area contributed by atoms with Crippen molar-refractivity contribution in [1.29, 1.82) is 0 Å². The van der Waals surface area contributed by atoms with Gasteiger partial charge in [0.15, 0.2) is 0 Å². The van der Waals surface area contributed by atoms with Gasteiger partial charge in [-0.15, -0.1) is 0 Å². The number of ketones is 1. The Kier molecular flexibility index (Phi) is 7.15. The molecule has 3 aliphatic rings. The zero-order chi connectivity index (χ0) is 22.6. The van der Waals surface area contributed by atoms with E-state index in [0.717, 1.165) is 31.6 Å². The molecule has 1 aromatic rings. The van der Waals surface area contributed by atoms with E-state index >= 15 is 0 Å². The van der Waals surface area contributed by atoms with Gasteiger partial charge in [-0.25, -0.2) is 4.79 Å². The Bertz CT molecular complexity index is 861. The first-order valence-electron chi connectivity index (χ1n) is 10.3. The first kappa shape index (κ1) is 23.0. The van der Waals surface area contributed by atoms with E-state index in [1.54, 1.807) is 6.08 Å². The Hall–Kier alpha value is -2.68. The Morgan fingerprint density at radius 1 is 1.19 bits per heavy atom. The third kappa shape index (κ3) is 6.16. The second-order valence-corrected chi connectivity index (χ2v) is 8.00. The first-order valence-corrected chi connectivity index (χ1v) is 10.3. The number of benzene rings is 1. The highest BCUT2D eigenvalue weighted by Crippen LogP contribution is 2.40. The number of fused-ring (bicyclic) bond motifs is 1. The number of carbonyl (C=O) groups is 3. The number of nitrogens with zero attached hydrogens (tertiary/aromatic N) is 1. The quantitative estimate of drug-likeness (QED) is 0.667. The van der Waals surface area contributed by atoms with Crippen LogP contribution < -0.4 is 10.2 Å². The molecule has 0 unspecified atom stereocenters. The second-order valence-electron chi connectivity index (χ2n) is 8.00. The number of hydrogen-bond acceptors (Lipinski definition) is 4. The van der Waals surface area contributed by atoms with Gasteiger partial charge in [-0.2, -0.15) is 13.2 Å². The van der Waals surface area contributed by atoms with Gasteiger partial charge in [0.2, 0.25) is 0 Å². The zero-order valence-electron chi connectivity index (χ0n) is 16.9. The fourth-order valence-corrected chi connectivity index (χ4v) is 3.72. The monoisotopic (exact) mass is 438 g/mol. The van der Waals surface area contributed by atoms with E-state index in [-0.39, 0.29) is 17.9 Å². The molecule has 1 aromatic carbocycles. The van der Waals surface area contributed by atoms with E-state index in [0.29, 0.717) is 18.1 Å². The molecule has 1 aliphatic carbocycles. The van der Waals surface area contributed by atoms with Gasteiger partial charge in [0, 0.05) is 18.7 Å². The van der Waals surface area contributed by atoms with Crippen LogP contribution in [0.3, 0.4) is 0 Å². The Morgan fingerprint density at radius 2 is 1.84 bits per heavy atom. The predicted octanol–water partition coefficient (Wildman–Crippen LogP) is 3.11. The van der Waals surface area contributed by atoms with Crippen molar-refractivity contribution in [2.24, 2.45) is 11.8 Å². The van der Waals surface area contributed by atoms with Crippen LogP contribution in [-0.2, 0) is 20.8 Å². The summed E-state index contributed by atoms with van der Waals surface area (Å²) in [5.74, 6) is -1.60. The Morgan fingerprint density at radius 3 is 2.39 bits per heavy atom. The number of carboxylic acid groups (broad SMARTS) is 1. The largest absolute Gasteiger partial charge is 0.490 e. The number of para-hydroxylation sites is 1. The van der Waals surface area contributed by atoms with Crippen LogP contribution in [0.25, 0.3) is 0 Å². The number of nitrogens with one attached hydrogen (secondary N) is 1. The zero-order valence-corrected chi connectivity index (χ0v) is 16.9. The minimum Gasteiger partial charge on any atom is -0.475 e. The summed E-state index contributed by atoms with van der Waals surface area (Å²) < 4.78 is 31.7. The lowest BCUT2D eigenvalue weighted by Crippen LogP contribution is -2.48. The lowest BCUT2D eigenvalue weighted by Gasteiger charge is -2.27. The molecule has 0 spiro atoms. The number of aliphatic carboxylic acids is 1. The van der Waals surface area contributed by atoms with Gasteiger partial charge in [-0.1, -0.05) is 24.3 Å².